The van der Waals surface area contributed by atoms with E-state index in [-0.39, 0.29) is 0 Å². The summed E-state index contributed by atoms with van der Waals surface area (Å²) in [7, 11) is 1.66. The predicted molar refractivity (Wildman–Crippen MR) is 127 cm³/mol. The van der Waals surface area contributed by atoms with Crippen LogP contribution in [-0.4, -0.2) is 57.0 Å². The van der Waals surface area contributed by atoms with E-state index in [2.05, 4.69) is 46.4 Å². The summed E-state index contributed by atoms with van der Waals surface area (Å²) in [5.41, 5.74) is 7.36. The fraction of sp³-hybridized carbons (Fsp3) is 0.480. The van der Waals surface area contributed by atoms with Crippen LogP contribution in [0.3, 0.4) is 0 Å². The second kappa shape index (κ2) is 8.11. The molecule has 6 rings (SSSR count). The fourth-order valence-electron chi connectivity index (χ4n) is 5.37. The van der Waals surface area contributed by atoms with Crippen molar-refractivity contribution in [3.8, 4) is 17.0 Å². The Kier molecular flexibility index (Phi) is 5.07. The van der Waals surface area contributed by atoms with Gasteiger partial charge in [-0.1, -0.05) is 13.8 Å². The van der Waals surface area contributed by atoms with E-state index in [1.54, 1.807) is 18.0 Å². The number of aromatic amines is 1. The van der Waals surface area contributed by atoms with E-state index < -0.39 is 0 Å². The van der Waals surface area contributed by atoms with Gasteiger partial charge in [0.2, 0.25) is 0 Å². The lowest BCUT2D eigenvalue weighted by molar-refractivity contribution is -0.00970. The van der Waals surface area contributed by atoms with Crippen LogP contribution in [0, 0.1) is 0 Å². The van der Waals surface area contributed by atoms with Crippen LogP contribution in [0.2, 0.25) is 0 Å². The molecule has 8 nitrogen and oxygen atoms in total. The molecule has 0 spiro atoms. The number of H-pyrrole nitrogens is 1. The van der Waals surface area contributed by atoms with Crippen LogP contribution in [0.5, 0.6) is 5.75 Å². The SMILES string of the molecule is COc1cc(-c2[nH]c3ccc(C4CCC(NC5COC5)C4)nc3c2C(C)C)cn2ncnc12. The molecule has 4 aromatic heterocycles. The van der Waals surface area contributed by atoms with Gasteiger partial charge in [-0.3, -0.25) is 4.98 Å². The zero-order valence-electron chi connectivity index (χ0n) is 19.3. The molecule has 1 aliphatic heterocycles. The number of hydrogen-bond acceptors (Lipinski definition) is 6. The number of methoxy groups -OCH3 is 1. The molecule has 2 aliphatic rings. The van der Waals surface area contributed by atoms with Gasteiger partial charge in [-0.25, -0.2) is 9.50 Å². The highest BCUT2D eigenvalue weighted by Crippen LogP contribution is 2.39. The molecule has 2 N–H and O–H groups in total. The predicted octanol–water partition coefficient (Wildman–Crippen LogP) is 4.03. The standard InChI is InChI=1S/C25H30N6O2/c1-14(2)22-23(16-9-21(32-3)25-26-13-27-31(25)10-16)30-20-7-6-19(29-24(20)22)15-4-5-17(8-15)28-18-11-33-12-18/h6-7,9-10,13-15,17-18,28,30H,4-5,8,11-12H2,1-3H3. The number of ether oxygens (including phenoxy) is 2. The third kappa shape index (κ3) is 3.57. The van der Waals surface area contributed by atoms with Gasteiger partial charge in [0.15, 0.2) is 11.4 Å². The maximum atomic E-state index is 5.59. The largest absolute Gasteiger partial charge is 0.493 e. The second-order valence-corrected chi connectivity index (χ2v) is 9.63. The van der Waals surface area contributed by atoms with E-state index in [4.69, 9.17) is 14.5 Å². The summed E-state index contributed by atoms with van der Waals surface area (Å²) in [5, 5.41) is 8.07. The van der Waals surface area contributed by atoms with Crippen molar-refractivity contribution in [3.05, 3.63) is 42.0 Å². The highest BCUT2D eigenvalue weighted by atomic mass is 16.5. The molecular formula is C25H30N6O2. The van der Waals surface area contributed by atoms with Crippen molar-refractivity contribution in [1.29, 1.82) is 0 Å². The van der Waals surface area contributed by atoms with Crippen LogP contribution in [0.25, 0.3) is 27.9 Å². The Morgan fingerprint density at radius 3 is 2.85 bits per heavy atom. The van der Waals surface area contributed by atoms with Crippen molar-refractivity contribution in [2.75, 3.05) is 20.3 Å². The highest BCUT2D eigenvalue weighted by molar-refractivity contribution is 5.89. The zero-order valence-corrected chi connectivity index (χ0v) is 19.3. The lowest BCUT2D eigenvalue weighted by Gasteiger charge is -2.30. The minimum Gasteiger partial charge on any atom is -0.493 e. The summed E-state index contributed by atoms with van der Waals surface area (Å²) in [6.45, 7) is 6.14. The fourth-order valence-corrected chi connectivity index (χ4v) is 5.37. The van der Waals surface area contributed by atoms with E-state index in [0.29, 0.717) is 35.3 Å². The third-order valence-electron chi connectivity index (χ3n) is 7.09. The van der Waals surface area contributed by atoms with Crippen LogP contribution >= 0.6 is 0 Å². The Morgan fingerprint density at radius 2 is 2.09 bits per heavy atom. The molecule has 2 fully saturated rings. The van der Waals surface area contributed by atoms with Crippen LogP contribution in [0.1, 0.15) is 56.2 Å². The molecule has 1 saturated heterocycles. The maximum absolute atomic E-state index is 5.59. The van der Waals surface area contributed by atoms with Crippen molar-refractivity contribution < 1.29 is 9.47 Å². The number of nitrogens with zero attached hydrogens (tertiary/aromatic N) is 4. The molecule has 172 valence electrons. The van der Waals surface area contributed by atoms with Crippen molar-refractivity contribution in [1.82, 2.24) is 29.9 Å². The molecule has 8 heteroatoms. The maximum Gasteiger partial charge on any atom is 0.197 e. The van der Waals surface area contributed by atoms with Gasteiger partial charge < -0.3 is 19.8 Å². The number of aromatic nitrogens is 5. The molecule has 1 saturated carbocycles. The summed E-state index contributed by atoms with van der Waals surface area (Å²) in [5.74, 6) is 1.51. The van der Waals surface area contributed by atoms with Gasteiger partial charge in [-0.2, -0.15) is 5.10 Å². The molecule has 0 bridgehead atoms. The number of pyridine rings is 2. The summed E-state index contributed by atoms with van der Waals surface area (Å²) < 4.78 is 12.7. The summed E-state index contributed by atoms with van der Waals surface area (Å²) in [4.78, 5) is 13.2. The van der Waals surface area contributed by atoms with E-state index in [1.165, 1.54) is 24.1 Å². The van der Waals surface area contributed by atoms with Crippen LogP contribution < -0.4 is 10.1 Å². The van der Waals surface area contributed by atoms with Crippen LogP contribution in [0.4, 0.5) is 0 Å². The van der Waals surface area contributed by atoms with Gasteiger partial charge in [0, 0.05) is 35.0 Å². The first-order valence-corrected chi connectivity index (χ1v) is 11.8. The quantitative estimate of drug-likeness (QED) is 0.465. The minimum atomic E-state index is 0.311. The van der Waals surface area contributed by atoms with Crippen LogP contribution in [0.15, 0.2) is 30.7 Å². The van der Waals surface area contributed by atoms with Crippen LogP contribution in [-0.2, 0) is 4.74 Å². The van der Waals surface area contributed by atoms with Crippen molar-refractivity contribution in [3.63, 3.8) is 0 Å². The van der Waals surface area contributed by atoms with E-state index >= 15 is 0 Å². The number of rotatable bonds is 6. The molecule has 1 aliphatic carbocycles. The molecule has 5 heterocycles. The molecule has 4 aromatic rings. The van der Waals surface area contributed by atoms with Crippen molar-refractivity contribution in [2.24, 2.45) is 0 Å². The van der Waals surface area contributed by atoms with E-state index in [1.807, 2.05) is 12.3 Å². The summed E-state index contributed by atoms with van der Waals surface area (Å²) in [6.07, 6.45) is 7.07. The minimum absolute atomic E-state index is 0.311. The van der Waals surface area contributed by atoms with Gasteiger partial charge in [0.25, 0.3) is 0 Å². The highest BCUT2D eigenvalue weighted by Gasteiger charge is 2.31. The number of fused-ring (bicyclic) bond motifs is 2. The third-order valence-corrected chi connectivity index (χ3v) is 7.09. The average Bonchev–Trinajstić information content (AvgIpc) is 3.52. The monoisotopic (exact) mass is 446 g/mol. The van der Waals surface area contributed by atoms with Gasteiger partial charge >= 0.3 is 0 Å². The molecule has 0 amide bonds. The van der Waals surface area contributed by atoms with Gasteiger partial charge in [-0.15, -0.1) is 0 Å². The molecule has 0 aromatic carbocycles. The lowest BCUT2D eigenvalue weighted by atomic mass is 9.97. The van der Waals surface area contributed by atoms with Crippen molar-refractivity contribution in [2.45, 2.75) is 57.0 Å². The molecule has 2 unspecified atom stereocenters. The lowest BCUT2D eigenvalue weighted by Crippen LogP contribution is -2.49. The second-order valence-electron chi connectivity index (χ2n) is 9.63. The Morgan fingerprint density at radius 1 is 1.21 bits per heavy atom. The van der Waals surface area contributed by atoms with E-state index in [9.17, 15) is 0 Å². The first-order chi connectivity index (χ1) is 16.1. The Hall–Kier alpha value is -2.97. The summed E-state index contributed by atoms with van der Waals surface area (Å²) in [6, 6.07) is 7.52. The van der Waals surface area contributed by atoms with Gasteiger partial charge in [0.1, 0.15) is 6.33 Å². The molecular weight excluding hydrogens is 416 g/mol. The first kappa shape index (κ1) is 20.6. The normalized spacial score (nSPS) is 21.3. The average molecular weight is 447 g/mol. The van der Waals surface area contributed by atoms with Crippen molar-refractivity contribution >= 4 is 16.7 Å². The van der Waals surface area contributed by atoms with Gasteiger partial charge in [0.05, 0.1) is 43.1 Å². The van der Waals surface area contributed by atoms with E-state index in [0.717, 1.165) is 41.9 Å². The smallest absolute Gasteiger partial charge is 0.197 e. The summed E-state index contributed by atoms with van der Waals surface area (Å²) >= 11 is 0. The number of hydrogen-bond donors (Lipinski definition) is 2. The zero-order chi connectivity index (χ0) is 22.5. The Bertz CT molecular complexity index is 1310. The topological polar surface area (TPSA) is 89.4 Å². The molecule has 33 heavy (non-hydrogen) atoms. The first-order valence-electron chi connectivity index (χ1n) is 11.8. The molecule has 0 radical (unpaired) electrons. The molecule has 2 atom stereocenters. The Balaban J connectivity index is 1.38. The Labute approximate surface area is 192 Å². The number of nitrogens with one attached hydrogen (secondary N) is 2. The van der Waals surface area contributed by atoms with Gasteiger partial charge in [-0.05, 0) is 43.4 Å².